The molecule has 1 rings (SSSR count). The highest BCUT2D eigenvalue weighted by Crippen LogP contribution is 2.31. The van der Waals surface area contributed by atoms with Crippen LogP contribution in [0.3, 0.4) is 0 Å². The lowest BCUT2D eigenvalue weighted by Gasteiger charge is -2.11. The van der Waals surface area contributed by atoms with Crippen LogP contribution in [0.5, 0.6) is 0 Å². The van der Waals surface area contributed by atoms with Crippen molar-refractivity contribution in [1.82, 2.24) is 0 Å². The average molecular weight is 270 g/mol. The minimum absolute atomic E-state index is 0.520. The maximum Gasteiger partial charge on any atom is 0.416 e. The van der Waals surface area contributed by atoms with Crippen molar-refractivity contribution in [2.75, 3.05) is 5.32 Å². The van der Waals surface area contributed by atoms with Gasteiger partial charge in [0, 0.05) is 0 Å². The Kier molecular flexibility index (Phi) is 3.98. The Morgan fingerprint density at radius 1 is 1.41 bits per heavy atom. The van der Waals surface area contributed by atoms with Gasteiger partial charge in [-0.3, -0.25) is 4.79 Å². The summed E-state index contributed by atoms with van der Waals surface area (Å²) >= 11 is 5.40. The first-order valence-corrected chi connectivity index (χ1v) is 4.97. The number of alkyl halides is 4. The smallest absolute Gasteiger partial charge is 0.322 e. The predicted octanol–water partition coefficient (Wildman–Crippen LogP) is 3.41. The van der Waals surface area contributed by atoms with Crippen LogP contribution in [0.25, 0.3) is 0 Å². The Balaban J connectivity index is 3.03. The van der Waals surface area contributed by atoms with E-state index in [0.717, 1.165) is 0 Å². The van der Waals surface area contributed by atoms with Gasteiger partial charge in [-0.05, 0) is 25.1 Å². The van der Waals surface area contributed by atoms with Crippen LogP contribution in [0.1, 0.15) is 12.5 Å². The van der Waals surface area contributed by atoms with E-state index in [2.05, 4.69) is 0 Å². The first-order chi connectivity index (χ1) is 7.71. The lowest BCUT2D eigenvalue weighted by atomic mass is 10.2. The van der Waals surface area contributed by atoms with Gasteiger partial charge < -0.3 is 5.32 Å². The summed E-state index contributed by atoms with van der Waals surface area (Å²) in [4.78, 5) is 11.1. The van der Waals surface area contributed by atoms with E-state index in [1.165, 1.54) is 6.92 Å². The number of carbonyl (C=O) groups is 1. The van der Waals surface area contributed by atoms with Gasteiger partial charge in [-0.2, -0.15) is 13.2 Å². The van der Waals surface area contributed by atoms with Crippen molar-refractivity contribution in [2.45, 2.75) is 18.5 Å². The van der Waals surface area contributed by atoms with E-state index in [-0.39, 0.29) is 0 Å². The second-order valence-electron chi connectivity index (χ2n) is 3.30. The third kappa shape index (κ3) is 3.59. The minimum Gasteiger partial charge on any atom is -0.322 e. The molecular weight excluding hydrogens is 262 g/mol. The topological polar surface area (TPSA) is 29.1 Å². The second kappa shape index (κ2) is 4.91. The molecule has 2 nitrogen and oxygen atoms in total. The quantitative estimate of drug-likeness (QED) is 0.647. The summed E-state index contributed by atoms with van der Waals surface area (Å²) in [6.07, 6.45) is -4.60. The molecule has 0 aromatic heterocycles. The maximum atomic E-state index is 13.2. The number of hydrogen-bond donors (Lipinski definition) is 1. The van der Waals surface area contributed by atoms with Crippen molar-refractivity contribution >= 4 is 23.2 Å². The van der Waals surface area contributed by atoms with Crippen LogP contribution in [0.2, 0.25) is 0 Å². The highest BCUT2D eigenvalue weighted by molar-refractivity contribution is 6.32. The third-order valence-corrected chi connectivity index (χ3v) is 2.11. The molecule has 0 saturated heterocycles. The Morgan fingerprint density at radius 3 is 2.47 bits per heavy atom. The molecule has 0 heterocycles. The number of nitrogens with one attached hydrogen (secondary N) is 1. The van der Waals surface area contributed by atoms with Crippen molar-refractivity contribution in [2.24, 2.45) is 0 Å². The SMILES string of the molecule is CC(Cl)C(=O)Nc1cc(C(F)(F)F)ccc1F. The number of benzene rings is 1. The molecular formula is C10H8ClF4NO. The van der Waals surface area contributed by atoms with Crippen molar-refractivity contribution in [3.63, 3.8) is 0 Å². The Hall–Kier alpha value is -1.30. The van der Waals surface area contributed by atoms with E-state index in [1.54, 1.807) is 0 Å². The number of anilines is 1. The predicted molar refractivity (Wildman–Crippen MR) is 55.3 cm³/mol. The normalized spacial score (nSPS) is 13.3. The zero-order valence-corrected chi connectivity index (χ0v) is 9.36. The van der Waals surface area contributed by atoms with Crippen LogP contribution >= 0.6 is 11.6 Å². The van der Waals surface area contributed by atoms with E-state index in [1.807, 2.05) is 5.32 Å². The number of rotatable bonds is 2. The maximum absolute atomic E-state index is 13.2. The molecule has 0 radical (unpaired) electrons. The number of halogens is 5. The molecule has 0 bridgehead atoms. The molecule has 0 fully saturated rings. The molecule has 0 aliphatic carbocycles. The molecule has 17 heavy (non-hydrogen) atoms. The van der Waals surface area contributed by atoms with E-state index < -0.39 is 34.5 Å². The van der Waals surface area contributed by atoms with Gasteiger partial charge in [0.1, 0.15) is 11.2 Å². The molecule has 0 spiro atoms. The highest BCUT2D eigenvalue weighted by Gasteiger charge is 2.31. The summed E-state index contributed by atoms with van der Waals surface area (Å²) < 4.78 is 50.2. The monoisotopic (exact) mass is 269 g/mol. The van der Waals surface area contributed by atoms with Crippen LogP contribution in [-0.2, 0) is 11.0 Å². The summed E-state index contributed by atoms with van der Waals surface area (Å²) in [7, 11) is 0. The molecule has 1 aromatic rings. The fourth-order valence-corrected chi connectivity index (χ4v) is 1.08. The summed E-state index contributed by atoms with van der Waals surface area (Å²) in [5.41, 5.74) is -1.59. The van der Waals surface area contributed by atoms with Gasteiger partial charge >= 0.3 is 6.18 Å². The van der Waals surface area contributed by atoms with Gasteiger partial charge in [0.05, 0.1) is 11.3 Å². The van der Waals surface area contributed by atoms with E-state index in [0.29, 0.717) is 18.2 Å². The molecule has 0 aliphatic rings. The lowest BCUT2D eigenvalue weighted by molar-refractivity contribution is -0.137. The van der Waals surface area contributed by atoms with Gasteiger partial charge in [-0.1, -0.05) is 0 Å². The highest BCUT2D eigenvalue weighted by atomic mass is 35.5. The molecule has 7 heteroatoms. The Morgan fingerprint density at radius 2 is 2.00 bits per heavy atom. The molecule has 1 N–H and O–H groups in total. The summed E-state index contributed by atoms with van der Waals surface area (Å²) in [5, 5.41) is 1.01. The molecule has 1 atom stereocenters. The van der Waals surface area contributed by atoms with Crippen LogP contribution < -0.4 is 5.32 Å². The zero-order valence-electron chi connectivity index (χ0n) is 8.61. The fraction of sp³-hybridized carbons (Fsp3) is 0.300. The van der Waals surface area contributed by atoms with Crippen LogP contribution in [-0.4, -0.2) is 11.3 Å². The molecule has 94 valence electrons. The first kappa shape index (κ1) is 13.8. The van der Waals surface area contributed by atoms with Gasteiger partial charge in [0.2, 0.25) is 5.91 Å². The first-order valence-electron chi connectivity index (χ1n) is 4.53. The molecule has 1 unspecified atom stereocenters. The van der Waals surface area contributed by atoms with Crippen molar-refractivity contribution in [1.29, 1.82) is 0 Å². The van der Waals surface area contributed by atoms with E-state index >= 15 is 0 Å². The summed E-state index contributed by atoms with van der Waals surface area (Å²) in [6.45, 7) is 1.32. The second-order valence-corrected chi connectivity index (χ2v) is 3.95. The fourth-order valence-electron chi connectivity index (χ4n) is 1.03. The van der Waals surface area contributed by atoms with E-state index in [9.17, 15) is 22.4 Å². The van der Waals surface area contributed by atoms with Gasteiger partial charge in [0.25, 0.3) is 0 Å². The van der Waals surface area contributed by atoms with Crippen LogP contribution in [0, 0.1) is 5.82 Å². The summed E-state index contributed by atoms with van der Waals surface area (Å²) in [5.74, 6) is -1.73. The molecule has 1 aromatic carbocycles. The van der Waals surface area contributed by atoms with Gasteiger partial charge in [0.15, 0.2) is 0 Å². The van der Waals surface area contributed by atoms with Gasteiger partial charge in [-0.25, -0.2) is 4.39 Å². The largest absolute Gasteiger partial charge is 0.416 e. The third-order valence-electron chi connectivity index (χ3n) is 1.91. The Bertz CT molecular complexity index is 431. The number of carbonyl (C=O) groups excluding carboxylic acids is 1. The van der Waals surface area contributed by atoms with Crippen LogP contribution in [0.4, 0.5) is 23.2 Å². The zero-order chi connectivity index (χ0) is 13.2. The van der Waals surface area contributed by atoms with Crippen molar-refractivity contribution in [3.05, 3.63) is 29.6 Å². The van der Waals surface area contributed by atoms with E-state index in [4.69, 9.17) is 11.6 Å². The standard InChI is InChI=1S/C10H8ClF4NO/c1-5(11)9(17)16-8-4-6(10(13,14)15)2-3-7(8)12/h2-5H,1H3,(H,16,17). The lowest BCUT2D eigenvalue weighted by Crippen LogP contribution is -2.21. The van der Waals surface area contributed by atoms with Gasteiger partial charge in [-0.15, -0.1) is 11.6 Å². The molecule has 1 amide bonds. The average Bonchev–Trinajstić information content (AvgIpc) is 2.19. The molecule has 0 saturated carbocycles. The number of amides is 1. The number of hydrogen-bond acceptors (Lipinski definition) is 1. The Labute approximate surface area is 99.6 Å². The van der Waals surface area contributed by atoms with Crippen LogP contribution in [0.15, 0.2) is 18.2 Å². The minimum atomic E-state index is -4.60. The molecule has 0 aliphatic heterocycles. The summed E-state index contributed by atoms with van der Waals surface area (Å²) in [6, 6.07) is 1.75. The van der Waals surface area contributed by atoms with Crippen molar-refractivity contribution < 1.29 is 22.4 Å². The van der Waals surface area contributed by atoms with Crippen molar-refractivity contribution in [3.8, 4) is 0 Å².